The first-order chi connectivity index (χ1) is 13.9. The summed E-state index contributed by atoms with van der Waals surface area (Å²) in [4.78, 5) is 35.4. The van der Waals surface area contributed by atoms with Gasteiger partial charge in [-0.2, -0.15) is 5.10 Å². The number of methoxy groups -OCH3 is 1. The summed E-state index contributed by atoms with van der Waals surface area (Å²) in [6.07, 6.45) is 2.89. The molecular formula is C21H26N4O4. The zero-order valence-electron chi connectivity index (χ0n) is 16.9. The number of amides is 2. The van der Waals surface area contributed by atoms with Crippen LogP contribution in [0.3, 0.4) is 0 Å². The molecule has 2 amide bonds. The second kappa shape index (κ2) is 8.89. The zero-order chi connectivity index (χ0) is 21.0. The average molecular weight is 398 g/mol. The largest absolute Gasteiger partial charge is 0.469 e. The van der Waals surface area contributed by atoms with Gasteiger partial charge in [0.05, 0.1) is 25.0 Å². The van der Waals surface area contributed by atoms with Crippen LogP contribution < -0.4 is 10.6 Å². The van der Waals surface area contributed by atoms with Gasteiger partial charge in [-0.15, -0.1) is 0 Å². The number of ether oxygens (including phenoxy) is 1. The molecule has 0 aliphatic heterocycles. The zero-order valence-corrected chi connectivity index (χ0v) is 16.9. The second-order valence-corrected chi connectivity index (χ2v) is 7.21. The number of carbonyl (C=O) groups excluding carboxylic acids is 3. The molecule has 2 aromatic rings. The van der Waals surface area contributed by atoms with Crippen LogP contribution >= 0.6 is 0 Å². The number of hydrogen-bond donors (Lipinski definition) is 2. The first-order valence-electron chi connectivity index (χ1n) is 9.69. The van der Waals surface area contributed by atoms with Crippen molar-refractivity contribution in [3.63, 3.8) is 0 Å². The maximum Gasteiger partial charge on any atom is 0.305 e. The molecule has 154 valence electrons. The SMILES string of the molecule is COC(=O)CCc1c(C)nn(-c2ccc(C(=O)NCC(=O)NC3CC3)cc2)c1C. The Morgan fingerprint density at radius 1 is 1.17 bits per heavy atom. The average Bonchev–Trinajstić information content (AvgIpc) is 3.48. The molecule has 0 atom stereocenters. The molecule has 1 aromatic heterocycles. The Bertz CT molecular complexity index is 914. The van der Waals surface area contributed by atoms with E-state index in [9.17, 15) is 14.4 Å². The van der Waals surface area contributed by atoms with E-state index in [1.54, 1.807) is 16.8 Å². The molecule has 0 spiro atoms. The maximum absolute atomic E-state index is 12.2. The first kappa shape index (κ1) is 20.6. The van der Waals surface area contributed by atoms with Crippen LogP contribution in [0.15, 0.2) is 24.3 Å². The highest BCUT2D eigenvalue weighted by Gasteiger charge is 2.23. The monoisotopic (exact) mass is 398 g/mol. The maximum atomic E-state index is 12.2. The van der Waals surface area contributed by atoms with Gasteiger partial charge >= 0.3 is 5.97 Å². The summed E-state index contributed by atoms with van der Waals surface area (Å²) in [6.45, 7) is 3.83. The summed E-state index contributed by atoms with van der Waals surface area (Å²) < 4.78 is 6.50. The highest BCUT2D eigenvalue weighted by molar-refractivity contribution is 5.96. The molecule has 0 unspecified atom stereocenters. The van der Waals surface area contributed by atoms with E-state index in [1.165, 1.54) is 7.11 Å². The van der Waals surface area contributed by atoms with Crippen molar-refractivity contribution in [1.82, 2.24) is 20.4 Å². The number of aryl methyl sites for hydroxylation is 1. The van der Waals surface area contributed by atoms with Crippen molar-refractivity contribution < 1.29 is 19.1 Å². The number of carbonyl (C=O) groups is 3. The minimum absolute atomic E-state index is 0.0297. The minimum Gasteiger partial charge on any atom is -0.469 e. The van der Waals surface area contributed by atoms with Crippen molar-refractivity contribution >= 4 is 17.8 Å². The molecule has 8 nitrogen and oxygen atoms in total. The Hall–Kier alpha value is -3.16. The van der Waals surface area contributed by atoms with Crippen LogP contribution in [0.5, 0.6) is 0 Å². The second-order valence-electron chi connectivity index (χ2n) is 7.21. The summed E-state index contributed by atoms with van der Waals surface area (Å²) in [6, 6.07) is 7.30. The van der Waals surface area contributed by atoms with Crippen molar-refractivity contribution in [2.75, 3.05) is 13.7 Å². The van der Waals surface area contributed by atoms with Crippen LogP contribution in [0.4, 0.5) is 0 Å². The number of benzene rings is 1. The van der Waals surface area contributed by atoms with Crippen molar-refractivity contribution in [2.45, 2.75) is 45.6 Å². The summed E-state index contributed by atoms with van der Waals surface area (Å²) >= 11 is 0. The quantitative estimate of drug-likeness (QED) is 0.658. The molecule has 1 heterocycles. The molecule has 1 aliphatic carbocycles. The van der Waals surface area contributed by atoms with E-state index in [-0.39, 0.29) is 30.4 Å². The molecule has 0 saturated heterocycles. The molecule has 3 rings (SSSR count). The van der Waals surface area contributed by atoms with Crippen LogP contribution in [0.1, 0.15) is 46.6 Å². The molecule has 1 aliphatic rings. The lowest BCUT2D eigenvalue weighted by atomic mass is 10.1. The number of rotatable bonds is 8. The fourth-order valence-corrected chi connectivity index (χ4v) is 3.14. The van der Waals surface area contributed by atoms with Gasteiger partial charge in [0.1, 0.15) is 0 Å². The van der Waals surface area contributed by atoms with E-state index in [0.29, 0.717) is 18.4 Å². The molecule has 1 saturated carbocycles. The molecule has 2 N–H and O–H groups in total. The summed E-state index contributed by atoms with van der Waals surface area (Å²) in [5, 5.41) is 10.0. The summed E-state index contributed by atoms with van der Waals surface area (Å²) in [5.74, 6) is -0.716. The van der Waals surface area contributed by atoms with E-state index in [2.05, 4.69) is 15.7 Å². The number of esters is 1. The summed E-state index contributed by atoms with van der Waals surface area (Å²) in [7, 11) is 1.38. The van der Waals surface area contributed by atoms with Gasteiger partial charge in [-0.05, 0) is 62.9 Å². The van der Waals surface area contributed by atoms with E-state index in [0.717, 1.165) is 35.5 Å². The number of aromatic nitrogens is 2. The van der Waals surface area contributed by atoms with Crippen LogP contribution in [0.2, 0.25) is 0 Å². The third-order valence-electron chi connectivity index (χ3n) is 4.97. The van der Waals surface area contributed by atoms with Gasteiger partial charge in [0.25, 0.3) is 5.91 Å². The Labute approximate surface area is 169 Å². The molecule has 0 radical (unpaired) electrons. The highest BCUT2D eigenvalue weighted by atomic mass is 16.5. The smallest absolute Gasteiger partial charge is 0.305 e. The number of nitrogens with one attached hydrogen (secondary N) is 2. The lowest BCUT2D eigenvalue weighted by molar-refractivity contribution is -0.140. The van der Waals surface area contributed by atoms with E-state index < -0.39 is 0 Å². The minimum atomic E-state index is -0.297. The van der Waals surface area contributed by atoms with Crippen molar-refractivity contribution in [3.05, 3.63) is 46.8 Å². The first-order valence-corrected chi connectivity index (χ1v) is 9.69. The van der Waals surface area contributed by atoms with Crippen molar-refractivity contribution in [3.8, 4) is 5.69 Å². The van der Waals surface area contributed by atoms with Gasteiger partial charge < -0.3 is 15.4 Å². The predicted octanol–water partition coefficient (Wildman–Crippen LogP) is 1.60. The highest BCUT2D eigenvalue weighted by Crippen LogP contribution is 2.20. The predicted molar refractivity (Wildman–Crippen MR) is 107 cm³/mol. The Morgan fingerprint density at radius 3 is 2.48 bits per heavy atom. The van der Waals surface area contributed by atoms with Crippen molar-refractivity contribution in [1.29, 1.82) is 0 Å². The van der Waals surface area contributed by atoms with E-state index in [4.69, 9.17) is 4.74 Å². The molecule has 8 heteroatoms. The lowest BCUT2D eigenvalue weighted by Crippen LogP contribution is -2.37. The van der Waals surface area contributed by atoms with Gasteiger partial charge in [-0.25, -0.2) is 4.68 Å². The number of hydrogen-bond acceptors (Lipinski definition) is 5. The summed E-state index contributed by atoms with van der Waals surface area (Å²) in [5.41, 5.74) is 4.10. The normalized spacial score (nSPS) is 13.1. The molecular weight excluding hydrogens is 372 g/mol. The van der Waals surface area contributed by atoms with Crippen LogP contribution in [0, 0.1) is 13.8 Å². The van der Waals surface area contributed by atoms with Crippen LogP contribution in [0.25, 0.3) is 5.69 Å². The van der Waals surface area contributed by atoms with Gasteiger partial charge in [0.2, 0.25) is 5.91 Å². The Kier molecular flexibility index (Phi) is 6.31. The molecule has 0 bridgehead atoms. The van der Waals surface area contributed by atoms with Gasteiger partial charge in [0.15, 0.2) is 0 Å². The fraction of sp³-hybridized carbons (Fsp3) is 0.429. The van der Waals surface area contributed by atoms with Gasteiger partial charge in [-0.1, -0.05) is 0 Å². The molecule has 29 heavy (non-hydrogen) atoms. The lowest BCUT2D eigenvalue weighted by Gasteiger charge is -2.08. The molecule has 1 fully saturated rings. The van der Waals surface area contributed by atoms with Crippen molar-refractivity contribution in [2.24, 2.45) is 0 Å². The van der Waals surface area contributed by atoms with E-state index in [1.807, 2.05) is 26.0 Å². The fourth-order valence-electron chi connectivity index (χ4n) is 3.14. The third kappa shape index (κ3) is 5.22. The molecule has 1 aromatic carbocycles. The van der Waals surface area contributed by atoms with Crippen LogP contribution in [-0.4, -0.2) is 47.3 Å². The standard InChI is InChI=1S/C21H26N4O4/c1-13-18(10-11-20(27)29-3)14(2)25(24-13)17-8-4-15(5-9-17)21(28)22-12-19(26)23-16-6-7-16/h4-5,8-9,16H,6-7,10-12H2,1-3H3,(H,22,28)(H,23,26). The van der Waals surface area contributed by atoms with E-state index >= 15 is 0 Å². The topological polar surface area (TPSA) is 102 Å². The Morgan fingerprint density at radius 2 is 1.86 bits per heavy atom. The Balaban J connectivity index is 1.64. The van der Waals surface area contributed by atoms with Gasteiger partial charge in [0, 0.05) is 23.7 Å². The van der Waals surface area contributed by atoms with Crippen LogP contribution in [-0.2, 0) is 20.7 Å². The van der Waals surface area contributed by atoms with Gasteiger partial charge in [-0.3, -0.25) is 14.4 Å². The third-order valence-corrected chi connectivity index (χ3v) is 4.97. The number of nitrogens with zero attached hydrogens (tertiary/aromatic N) is 2.